The Labute approximate surface area is 209 Å². The van der Waals surface area contributed by atoms with E-state index in [9.17, 15) is 9.59 Å². The van der Waals surface area contributed by atoms with E-state index < -0.39 is 0 Å². The van der Waals surface area contributed by atoms with Crippen molar-refractivity contribution in [3.8, 4) is 0 Å². The summed E-state index contributed by atoms with van der Waals surface area (Å²) in [5.41, 5.74) is 4.61. The number of aromatic nitrogens is 3. The zero-order valence-electron chi connectivity index (χ0n) is 20.1. The zero-order chi connectivity index (χ0) is 24.2. The van der Waals surface area contributed by atoms with Crippen molar-refractivity contribution >= 4 is 46.1 Å². The molecule has 3 aromatic rings. The molecule has 1 atom stereocenters. The lowest BCUT2D eigenvalue weighted by molar-refractivity contribution is -0.125. The molecule has 184 valence electrons. The third kappa shape index (κ3) is 5.15. The van der Waals surface area contributed by atoms with Gasteiger partial charge in [-0.3, -0.25) is 9.59 Å². The van der Waals surface area contributed by atoms with Crippen LogP contribution in [0, 0.1) is 5.92 Å². The highest BCUT2D eigenvalue weighted by molar-refractivity contribution is 7.98. The number of thioether (sulfide) groups is 1. The molecule has 0 spiro atoms. The number of carbonyl (C=O) groups is 2. The first kappa shape index (κ1) is 23.7. The topological polar surface area (TPSA) is 103 Å². The maximum absolute atomic E-state index is 12.8. The molecule has 2 amide bonds. The van der Waals surface area contributed by atoms with Crippen LogP contribution in [0.1, 0.15) is 47.3 Å². The largest absolute Gasteiger partial charge is 0.356 e. The molecule has 9 heteroatoms. The summed E-state index contributed by atoms with van der Waals surface area (Å²) in [6.45, 7) is 2.41. The summed E-state index contributed by atoms with van der Waals surface area (Å²) in [6, 6.07) is 7.57. The normalized spacial score (nSPS) is 17.4. The molecule has 5 rings (SSSR count). The SMILES string of the molecule is CSCCCNC(=O)C1CCc2[nH]c3ncnc(Nc4ccc(C(=O)N5CCCC5)cc4)c3c2C1. The molecule has 0 saturated carbocycles. The molecule has 1 aromatic carbocycles. The summed E-state index contributed by atoms with van der Waals surface area (Å²) in [6.07, 6.45) is 9.11. The van der Waals surface area contributed by atoms with Crippen molar-refractivity contribution in [1.29, 1.82) is 0 Å². The average Bonchev–Trinajstić information content (AvgIpc) is 3.55. The lowest BCUT2D eigenvalue weighted by Crippen LogP contribution is -2.34. The van der Waals surface area contributed by atoms with Gasteiger partial charge < -0.3 is 20.5 Å². The summed E-state index contributed by atoms with van der Waals surface area (Å²) in [7, 11) is 0. The van der Waals surface area contributed by atoms with E-state index in [1.54, 1.807) is 18.1 Å². The van der Waals surface area contributed by atoms with Crippen molar-refractivity contribution in [3.63, 3.8) is 0 Å². The molecule has 1 saturated heterocycles. The first-order chi connectivity index (χ1) is 17.1. The Morgan fingerprint density at radius 1 is 1.17 bits per heavy atom. The summed E-state index contributed by atoms with van der Waals surface area (Å²) < 4.78 is 0. The number of hydrogen-bond acceptors (Lipinski definition) is 6. The van der Waals surface area contributed by atoms with Crippen molar-refractivity contribution in [1.82, 2.24) is 25.2 Å². The molecular formula is C26H32N6O2S. The van der Waals surface area contributed by atoms with E-state index in [0.717, 1.165) is 85.5 Å². The maximum atomic E-state index is 12.8. The van der Waals surface area contributed by atoms with Gasteiger partial charge in [0, 0.05) is 42.5 Å². The Balaban J connectivity index is 1.32. The van der Waals surface area contributed by atoms with Gasteiger partial charge in [0.2, 0.25) is 5.91 Å². The van der Waals surface area contributed by atoms with Gasteiger partial charge in [0.05, 0.1) is 5.39 Å². The van der Waals surface area contributed by atoms with E-state index in [2.05, 4.69) is 31.8 Å². The second kappa shape index (κ2) is 10.7. The molecule has 0 bridgehead atoms. The molecule has 8 nitrogen and oxygen atoms in total. The first-order valence-corrected chi connectivity index (χ1v) is 13.8. The molecule has 1 fully saturated rings. The summed E-state index contributed by atoms with van der Waals surface area (Å²) >= 11 is 1.80. The van der Waals surface area contributed by atoms with Crippen molar-refractivity contribution in [2.75, 3.05) is 37.0 Å². The van der Waals surface area contributed by atoms with Gasteiger partial charge >= 0.3 is 0 Å². The number of nitrogens with one attached hydrogen (secondary N) is 3. The van der Waals surface area contributed by atoms with Crippen LogP contribution in [0.2, 0.25) is 0 Å². The van der Waals surface area contributed by atoms with E-state index in [-0.39, 0.29) is 17.7 Å². The Morgan fingerprint density at radius 2 is 1.97 bits per heavy atom. The molecule has 3 N–H and O–H groups in total. The van der Waals surface area contributed by atoms with Crippen LogP contribution in [0.15, 0.2) is 30.6 Å². The number of fused-ring (bicyclic) bond motifs is 3. The minimum absolute atomic E-state index is 0.0419. The van der Waals surface area contributed by atoms with Gasteiger partial charge in [-0.25, -0.2) is 9.97 Å². The highest BCUT2D eigenvalue weighted by Gasteiger charge is 2.29. The van der Waals surface area contributed by atoms with Gasteiger partial charge in [-0.05, 0) is 80.4 Å². The van der Waals surface area contributed by atoms with E-state index in [4.69, 9.17) is 0 Å². The fourth-order valence-corrected chi connectivity index (χ4v) is 5.50. The van der Waals surface area contributed by atoms with Crippen LogP contribution in [0.25, 0.3) is 11.0 Å². The number of anilines is 2. The lowest BCUT2D eigenvalue weighted by atomic mass is 9.86. The summed E-state index contributed by atoms with van der Waals surface area (Å²) in [5.74, 6) is 1.95. The molecule has 2 aromatic heterocycles. The molecule has 1 aliphatic heterocycles. The second-order valence-electron chi connectivity index (χ2n) is 9.31. The highest BCUT2D eigenvalue weighted by Crippen LogP contribution is 2.35. The van der Waals surface area contributed by atoms with Crippen LogP contribution < -0.4 is 10.6 Å². The number of carbonyl (C=O) groups excluding carboxylic acids is 2. The quantitative estimate of drug-likeness (QED) is 0.412. The van der Waals surface area contributed by atoms with Gasteiger partial charge in [0.1, 0.15) is 17.8 Å². The molecular weight excluding hydrogens is 460 g/mol. The second-order valence-corrected chi connectivity index (χ2v) is 10.3. The van der Waals surface area contributed by atoms with Crippen molar-refractivity contribution in [2.24, 2.45) is 5.92 Å². The van der Waals surface area contributed by atoms with E-state index in [0.29, 0.717) is 17.8 Å². The number of hydrogen-bond donors (Lipinski definition) is 3. The minimum atomic E-state index is -0.0419. The Hall–Kier alpha value is -3.07. The van der Waals surface area contributed by atoms with Gasteiger partial charge in [-0.15, -0.1) is 0 Å². The fraction of sp³-hybridized carbons (Fsp3) is 0.462. The Kier molecular flexibility index (Phi) is 7.22. The van der Waals surface area contributed by atoms with Gasteiger partial charge in [-0.1, -0.05) is 0 Å². The summed E-state index contributed by atoms with van der Waals surface area (Å²) in [4.78, 5) is 39.8. The van der Waals surface area contributed by atoms with E-state index >= 15 is 0 Å². The molecule has 2 aliphatic rings. The number of H-pyrrole nitrogens is 1. The molecule has 0 radical (unpaired) electrons. The number of amides is 2. The number of aromatic amines is 1. The smallest absolute Gasteiger partial charge is 0.253 e. The standard InChI is InChI=1S/C26H32N6O2S/c1-35-14-4-11-27-25(33)18-7-10-21-20(15-18)22-23(28-16-29-24(22)31-21)30-19-8-5-17(6-9-19)26(34)32-12-2-3-13-32/h5-6,8-9,16,18H,2-4,7,10-15H2,1H3,(H,27,33)(H2,28,29,30,31). The number of aryl methyl sites for hydroxylation is 1. The van der Waals surface area contributed by atoms with Crippen LogP contribution in [0.4, 0.5) is 11.5 Å². The van der Waals surface area contributed by atoms with Crippen LogP contribution in [-0.4, -0.2) is 63.3 Å². The Bertz CT molecular complexity index is 1200. The van der Waals surface area contributed by atoms with Crippen LogP contribution in [-0.2, 0) is 17.6 Å². The molecule has 3 heterocycles. The number of nitrogens with zero attached hydrogens (tertiary/aromatic N) is 3. The number of likely N-dealkylation sites (tertiary alicyclic amines) is 1. The average molecular weight is 493 g/mol. The van der Waals surface area contributed by atoms with Crippen LogP contribution in [0.3, 0.4) is 0 Å². The van der Waals surface area contributed by atoms with Gasteiger partial charge in [0.15, 0.2) is 0 Å². The number of benzene rings is 1. The monoisotopic (exact) mass is 492 g/mol. The third-order valence-electron chi connectivity index (χ3n) is 6.96. The maximum Gasteiger partial charge on any atom is 0.253 e. The zero-order valence-corrected chi connectivity index (χ0v) is 20.9. The van der Waals surface area contributed by atoms with E-state index in [1.165, 1.54) is 0 Å². The third-order valence-corrected chi connectivity index (χ3v) is 7.66. The van der Waals surface area contributed by atoms with Crippen molar-refractivity contribution in [3.05, 3.63) is 47.4 Å². The molecule has 1 aliphatic carbocycles. The lowest BCUT2D eigenvalue weighted by Gasteiger charge is -2.22. The van der Waals surface area contributed by atoms with Crippen molar-refractivity contribution < 1.29 is 9.59 Å². The number of rotatable bonds is 8. The van der Waals surface area contributed by atoms with E-state index in [1.807, 2.05) is 29.2 Å². The highest BCUT2D eigenvalue weighted by atomic mass is 32.2. The minimum Gasteiger partial charge on any atom is -0.356 e. The van der Waals surface area contributed by atoms with Crippen LogP contribution >= 0.6 is 11.8 Å². The van der Waals surface area contributed by atoms with Crippen molar-refractivity contribution in [2.45, 2.75) is 38.5 Å². The molecule has 35 heavy (non-hydrogen) atoms. The Morgan fingerprint density at radius 3 is 2.74 bits per heavy atom. The van der Waals surface area contributed by atoms with Gasteiger partial charge in [-0.2, -0.15) is 11.8 Å². The van der Waals surface area contributed by atoms with Crippen LogP contribution in [0.5, 0.6) is 0 Å². The summed E-state index contributed by atoms with van der Waals surface area (Å²) in [5, 5.41) is 7.46. The fourth-order valence-electron chi connectivity index (χ4n) is 5.07. The molecule has 1 unspecified atom stereocenters. The predicted molar refractivity (Wildman–Crippen MR) is 140 cm³/mol. The predicted octanol–water partition coefficient (Wildman–Crippen LogP) is 3.91. The first-order valence-electron chi connectivity index (χ1n) is 12.4. The van der Waals surface area contributed by atoms with Gasteiger partial charge in [0.25, 0.3) is 5.91 Å².